The van der Waals surface area contributed by atoms with Crippen LogP contribution in [0.15, 0.2) is 0 Å². The average Bonchev–Trinajstić information content (AvgIpc) is 2.50. The molecule has 1 heterocycles. The zero-order valence-electron chi connectivity index (χ0n) is 8.69. The number of hydrogen-bond acceptors (Lipinski definition) is 4. The van der Waals surface area contributed by atoms with Gasteiger partial charge in [0.25, 0.3) is 0 Å². The Bertz CT molecular complexity index is 251. The van der Waals surface area contributed by atoms with Crippen LogP contribution in [0, 0.1) is 17.2 Å². The number of nitrogens with zero attached hydrogens (tertiary/aromatic N) is 1. The minimum absolute atomic E-state index is 0. The molecule has 86 valence electrons. The van der Waals surface area contributed by atoms with E-state index < -0.39 is 0 Å². The lowest BCUT2D eigenvalue weighted by Gasteiger charge is -2.15. The summed E-state index contributed by atoms with van der Waals surface area (Å²) in [7, 11) is 0. The molecule has 0 bridgehead atoms. The molecule has 6 heteroatoms. The fraction of sp³-hybridized carbons (Fsp3) is 0.778. The smallest absolute Gasteiger partial charge is 0.221 e. The maximum absolute atomic E-state index is 11.3. The molecule has 0 aromatic heterocycles. The Hall–Kier alpha value is -0.830. The Balaban J connectivity index is 0.00000196. The molecular weight excluding hydrogens is 216 g/mol. The molecule has 5 nitrogen and oxygen atoms in total. The lowest BCUT2D eigenvalue weighted by molar-refractivity contribution is -0.122. The molecule has 0 aromatic carbocycles. The maximum atomic E-state index is 11.3. The lowest BCUT2D eigenvalue weighted by Crippen LogP contribution is -2.41. The van der Waals surface area contributed by atoms with Crippen LogP contribution in [-0.2, 0) is 4.79 Å². The van der Waals surface area contributed by atoms with Crippen LogP contribution in [0.2, 0.25) is 0 Å². The topological polar surface area (TPSA) is 90.9 Å². The third-order valence-corrected chi connectivity index (χ3v) is 2.23. The van der Waals surface area contributed by atoms with Gasteiger partial charge in [-0.15, -0.1) is 12.4 Å². The molecular formula is C9H17ClN4O. The van der Waals surface area contributed by atoms with E-state index in [2.05, 4.69) is 16.7 Å². The van der Waals surface area contributed by atoms with Gasteiger partial charge in [-0.25, -0.2) is 0 Å². The summed E-state index contributed by atoms with van der Waals surface area (Å²) in [5.41, 5.74) is 5.49. The number of nitrogens with two attached hydrogens (primary N) is 1. The van der Waals surface area contributed by atoms with E-state index in [-0.39, 0.29) is 36.3 Å². The number of amides is 1. The van der Waals surface area contributed by atoms with Crippen molar-refractivity contribution in [3.05, 3.63) is 0 Å². The zero-order chi connectivity index (χ0) is 10.6. The number of nitriles is 1. The van der Waals surface area contributed by atoms with Crippen LogP contribution in [0.1, 0.15) is 13.3 Å². The van der Waals surface area contributed by atoms with Crippen molar-refractivity contribution in [1.82, 2.24) is 10.6 Å². The summed E-state index contributed by atoms with van der Waals surface area (Å²) in [4.78, 5) is 11.3. The van der Waals surface area contributed by atoms with Crippen LogP contribution in [0.3, 0.4) is 0 Å². The number of rotatable bonds is 3. The Kier molecular flexibility index (Phi) is 6.25. The van der Waals surface area contributed by atoms with Crippen molar-refractivity contribution < 1.29 is 4.79 Å². The van der Waals surface area contributed by atoms with Gasteiger partial charge < -0.3 is 16.4 Å². The standard InChI is InChI=1S/C9H16N4O.ClH/c1-6(11)2-9(14)13-8-5-12-4-7(8)3-10;/h6-8,12H,2,4-5,11H2,1H3,(H,13,14);1H. The van der Waals surface area contributed by atoms with Gasteiger partial charge in [-0.3, -0.25) is 4.79 Å². The molecule has 4 N–H and O–H groups in total. The number of halogens is 1. The van der Waals surface area contributed by atoms with Gasteiger partial charge in [-0.05, 0) is 6.92 Å². The summed E-state index contributed by atoms with van der Waals surface area (Å²) in [5, 5.41) is 14.6. The molecule has 0 radical (unpaired) electrons. The molecule has 0 saturated carbocycles. The highest BCUT2D eigenvalue weighted by atomic mass is 35.5. The summed E-state index contributed by atoms with van der Waals surface area (Å²) in [6.07, 6.45) is 0.314. The van der Waals surface area contributed by atoms with E-state index in [1.165, 1.54) is 0 Å². The van der Waals surface area contributed by atoms with Crippen molar-refractivity contribution in [2.24, 2.45) is 11.7 Å². The second-order valence-electron chi connectivity index (χ2n) is 3.75. The van der Waals surface area contributed by atoms with Crippen LogP contribution < -0.4 is 16.4 Å². The van der Waals surface area contributed by atoms with E-state index in [0.717, 1.165) is 0 Å². The van der Waals surface area contributed by atoms with Crippen molar-refractivity contribution in [3.63, 3.8) is 0 Å². The predicted molar refractivity (Wildman–Crippen MR) is 59.4 cm³/mol. The highest BCUT2D eigenvalue weighted by molar-refractivity contribution is 5.85. The quantitative estimate of drug-likeness (QED) is 0.605. The van der Waals surface area contributed by atoms with Gasteiger partial charge >= 0.3 is 0 Å². The lowest BCUT2D eigenvalue weighted by atomic mass is 10.1. The molecule has 0 aliphatic carbocycles. The zero-order valence-corrected chi connectivity index (χ0v) is 9.51. The van der Waals surface area contributed by atoms with Crippen molar-refractivity contribution in [2.75, 3.05) is 13.1 Å². The van der Waals surface area contributed by atoms with Crippen LogP contribution in [0.25, 0.3) is 0 Å². The van der Waals surface area contributed by atoms with Gasteiger partial charge in [0.2, 0.25) is 5.91 Å². The summed E-state index contributed by atoms with van der Waals surface area (Å²) in [6, 6.07) is 1.97. The SMILES string of the molecule is CC(N)CC(=O)NC1CNCC1C#N.Cl. The van der Waals surface area contributed by atoms with E-state index in [4.69, 9.17) is 11.0 Å². The van der Waals surface area contributed by atoms with Crippen molar-refractivity contribution in [3.8, 4) is 6.07 Å². The van der Waals surface area contributed by atoms with Crippen molar-refractivity contribution in [1.29, 1.82) is 5.26 Å². The Morgan fingerprint density at radius 2 is 2.40 bits per heavy atom. The normalized spacial score (nSPS) is 26.2. The van der Waals surface area contributed by atoms with Gasteiger partial charge in [0.15, 0.2) is 0 Å². The summed E-state index contributed by atoms with van der Waals surface area (Å²) >= 11 is 0. The molecule has 15 heavy (non-hydrogen) atoms. The maximum Gasteiger partial charge on any atom is 0.221 e. The molecule has 1 aliphatic heterocycles. The third kappa shape index (κ3) is 4.47. The minimum atomic E-state index is -0.134. The molecule has 1 saturated heterocycles. The van der Waals surface area contributed by atoms with Gasteiger partial charge in [-0.2, -0.15) is 5.26 Å². The second-order valence-corrected chi connectivity index (χ2v) is 3.75. The fourth-order valence-corrected chi connectivity index (χ4v) is 1.52. The van der Waals surface area contributed by atoms with Gasteiger partial charge in [-0.1, -0.05) is 0 Å². The van der Waals surface area contributed by atoms with Crippen molar-refractivity contribution >= 4 is 18.3 Å². The van der Waals surface area contributed by atoms with Crippen LogP contribution in [-0.4, -0.2) is 31.1 Å². The Labute approximate surface area is 95.8 Å². The molecule has 1 rings (SSSR count). The average molecular weight is 233 g/mol. The van der Waals surface area contributed by atoms with Gasteiger partial charge in [0.05, 0.1) is 18.0 Å². The predicted octanol–water partition coefficient (Wildman–Crippen LogP) is -0.627. The second kappa shape index (κ2) is 6.62. The molecule has 1 aliphatic rings. The minimum Gasteiger partial charge on any atom is -0.351 e. The first-order chi connectivity index (χ1) is 6.63. The highest BCUT2D eigenvalue weighted by Gasteiger charge is 2.27. The molecule has 1 amide bonds. The molecule has 3 unspecified atom stereocenters. The van der Waals surface area contributed by atoms with E-state index in [1.807, 2.05) is 0 Å². The molecule has 0 aromatic rings. The van der Waals surface area contributed by atoms with Crippen LogP contribution in [0.5, 0.6) is 0 Å². The fourth-order valence-electron chi connectivity index (χ4n) is 1.52. The van der Waals surface area contributed by atoms with Crippen LogP contribution >= 0.6 is 12.4 Å². The first-order valence-corrected chi connectivity index (χ1v) is 4.78. The Morgan fingerprint density at radius 1 is 1.73 bits per heavy atom. The van der Waals surface area contributed by atoms with E-state index in [0.29, 0.717) is 19.5 Å². The van der Waals surface area contributed by atoms with E-state index in [9.17, 15) is 4.79 Å². The Morgan fingerprint density at radius 3 is 2.93 bits per heavy atom. The number of carbonyl (C=O) groups is 1. The summed E-state index contributed by atoms with van der Waals surface area (Å²) < 4.78 is 0. The van der Waals surface area contributed by atoms with Gasteiger partial charge in [0.1, 0.15) is 0 Å². The van der Waals surface area contributed by atoms with Crippen molar-refractivity contribution in [2.45, 2.75) is 25.4 Å². The van der Waals surface area contributed by atoms with Gasteiger partial charge in [0, 0.05) is 25.6 Å². The molecule has 1 fully saturated rings. The molecule has 0 spiro atoms. The highest BCUT2D eigenvalue weighted by Crippen LogP contribution is 2.07. The number of carbonyl (C=O) groups excluding carboxylic acids is 1. The largest absolute Gasteiger partial charge is 0.351 e. The summed E-state index contributed by atoms with van der Waals surface area (Å²) in [5.74, 6) is -0.194. The first-order valence-electron chi connectivity index (χ1n) is 4.78. The molecule has 3 atom stereocenters. The number of nitrogens with one attached hydrogen (secondary N) is 2. The number of hydrogen-bond donors (Lipinski definition) is 3. The van der Waals surface area contributed by atoms with E-state index >= 15 is 0 Å². The monoisotopic (exact) mass is 232 g/mol. The van der Waals surface area contributed by atoms with E-state index in [1.54, 1.807) is 6.92 Å². The van der Waals surface area contributed by atoms with Crippen LogP contribution in [0.4, 0.5) is 0 Å². The third-order valence-electron chi connectivity index (χ3n) is 2.23. The first kappa shape index (κ1) is 14.2. The summed E-state index contributed by atoms with van der Waals surface area (Å²) in [6.45, 7) is 3.11.